The smallest absolute Gasteiger partial charge is 0.264 e. The van der Waals surface area contributed by atoms with Gasteiger partial charge in [-0.1, -0.05) is 89.4 Å². The number of carbonyl (C=O) groups is 2. The SMILES string of the molecule is CCNC(=O)[C@@H](Cc1ccccc1)N(Cc1ccccc1Cl)C(=O)CN(c1ccc(C)cc1)S(=O)(=O)c1ccc(Cl)cc1. The quantitative estimate of drug-likeness (QED) is 0.198. The maximum Gasteiger partial charge on any atom is 0.264 e. The minimum Gasteiger partial charge on any atom is -0.355 e. The molecular weight excluding hydrogens is 605 g/mol. The summed E-state index contributed by atoms with van der Waals surface area (Å²) in [4.78, 5) is 29.3. The molecule has 0 saturated carbocycles. The van der Waals surface area contributed by atoms with Crippen molar-refractivity contribution in [1.29, 1.82) is 0 Å². The molecule has 0 aromatic heterocycles. The molecule has 0 unspecified atom stereocenters. The number of sulfonamides is 1. The Kier molecular flexibility index (Phi) is 10.9. The molecule has 0 fully saturated rings. The van der Waals surface area contributed by atoms with E-state index in [1.54, 1.807) is 55.5 Å². The fraction of sp³-hybridized carbons (Fsp3) is 0.212. The number of hydrogen-bond donors (Lipinski definition) is 1. The van der Waals surface area contributed by atoms with Crippen molar-refractivity contribution >= 4 is 50.7 Å². The molecule has 10 heteroatoms. The van der Waals surface area contributed by atoms with Crippen molar-refractivity contribution in [2.75, 3.05) is 17.4 Å². The van der Waals surface area contributed by atoms with Crippen LogP contribution in [0.25, 0.3) is 0 Å². The normalized spacial score (nSPS) is 11.9. The number of amides is 2. The Bertz CT molecular complexity index is 1650. The van der Waals surface area contributed by atoms with E-state index >= 15 is 0 Å². The predicted molar refractivity (Wildman–Crippen MR) is 172 cm³/mol. The van der Waals surface area contributed by atoms with Gasteiger partial charge < -0.3 is 10.2 Å². The first kappa shape index (κ1) is 32.1. The van der Waals surface area contributed by atoms with Crippen LogP contribution in [-0.2, 0) is 32.6 Å². The standard InChI is InChI=1S/C33H33Cl2N3O4S/c1-3-36-33(40)31(21-25-9-5-4-6-10-25)37(22-26-11-7-8-12-30(26)35)32(39)23-38(28-17-13-24(2)14-18-28)43(41,42)29-19-15-27(34)16-20-29/h4-20,31H,3,21-23H2,1-2H3,(H,36,40)/t31-/m1/s1. The van der Waals surface area contributed by atoms with Crippen LogP contribution < -0.4 is 9.62 Å². The van der Waals surface area contributed by atoms with Gasteiger partial charge >= 0.3 is 0 Å². The predicted octanol–water partition coefficient (Wildman–Crippen LogP) is 6.27. The van der Waals surface area contributed by atoms with Crippen LogP contribution in [-0.4, -0.2) is 44.3 Å². The third kappa shape index (κ3) is 8.16. The highest BCUT2D eigenvalue weighted by molar-refractivity contribution is 7.92. The van der Waals surface area contributed by atoms with Crippen molar-refractivity contribution < 1.29 is 18.0 Å². The lowest BCUT2D eigenvalue weighted by Crippen LogP contribution is -2.53. The number of likely N-dealkylation sites (N-methyl/N-ethyl adjacent to an activating group) is 1. The number of anilines is 1. The molecule has 224 valence electrons. The molecule has 0 bridgehead atoms. The lowest BCUT2D eigenvalue weighted by molar-refractivity contribution is -0.140. The first-order valence-corrected chi connectivity index (χ1v) is 16.0. The molecular formula is C33H33Cl2N3O4S. The summed E-state index contributed by atoms with van der Waals surface area (Å²) in [5, 5.41) is 3.66. The maximum atomic E-state index is 14.4. The van der Waals surface area contributed by atoms with Crippen molar-refractivity contribution in [2.24, 2.45) is 0 Å². The van der Waals surface area contributed by atoms with Gasteiger partial charge in [-0.15, -0.1) is 0 Å². The van der Waals surface area contributed by atoms with Crippen LogP contribution in [0.5, 0.6) is 0 Å². The molecule has 1 N–H and O–H groups in total. The van der Waals surface area contributed by atoms with Crippen molar-refractivity contribution in [3.8, 4) is 0 Å². The van der Waals surface area contributed by atoms with E-state index in [4.69, 9.17) is 23.2 Å². The molecule has 0 aliphatic carbocycles. The monoisotopic (exact) mass is 637 g/mol. The van der Waals surface area contributed by atoms with Crippen LogP contribution in [0.1, 0.15) is 23.6 Å². The molecule has 0 spiro atoms. The first-order chi connectivity index (χ1) is 20.6. The van der Waals surface area contributed by atoms with Gasteiger partial charge in [-0.25, -0.2) is 8.42 Å². The molecule has 0 saturated heterocycles. The van der Waals surface area contributed by atoms with Crippen molar-refractivity contribution in [3.63, 3.8) is 0 Å². The Balaban J connectivity index is 1.80. The largest absolute Gasteiger partial charge is 0.355 e. The molecule has 0 aliphatic heterocycles. The number of nitrogens with zero attached hydrogens (tertiary/aromatic N) is 2. The fourth-order valence-corrected chi connectivity index (χ4v) is 6.37. The van der Waals surface area contributed by atoms with E-state index < -0.39 is 28.5 Å². The highest BCUT2D eigenvalue weighted by atomic mass is 35.5. The third-order valence-corrected chi connectivity index (χ3v) is 9.33. The highest BCUT2D eigenvalue weighted by Gasteiger charge is 2.34. The fourth-order valence-electron chi connectivity index (χ4n) is 4.63. The molecule has 2 amide bonds. The average Bonchev–Trinajstić information content (AvgIpc) is 3.00. The van der Waals surface area contributed by atoms with Crippen LogP contribution in [0.15, 0.2) is 108 Å². The van der Waals surface area contributed by atoms with Crippen LogP contribution in [0, 0.1) is 6.92 Å². The van der Waals surface area contributed by atoms with Crippen molar-refractivity contribution in [1.82, 2.24) is 10.2 Å². The van der Waals surface area contributed by atoms with Crippen LogP contribution >= 0.6 is 23.2 Å². The van der Waals surface area contributed by atoms with Gasteiger partial charge in [-0.2, -0.15) is 0 Å². The van der Waals surface area contributed by atoms with Gasteiger partial charge in [0.2, 0.25) is 11.8 Å². The number of benzene rings is 4. The molecule has 7 nitrogen and oxygen atoms in total. The highest BCUT2D eigenvalue weighted by Crippen LogP contribution is 2.27. The van der Waals surface area contributed by atoms with Gasteiger partial charge in [0.15, 0.2) is 0 Å². The van der Waals surface area contributed by atoms with Gasteiger partial charge in [0.05, 0.1) is 10.6 Å². The molecule has 4 aromatic rings. The summed E-state index contributed by atoms with van der Waals surface area (Å²) in [6, 6.07) is 28.1. The van der Waals surface area contributed by atoms with E-state index in [2.05, 4.69) is 5.32 Å². The number of nitrogens with one attached hydrogen (secondary N) is 1. The minimum atomic E-state index is -4.21. The molecule has 4 rings (SSSR count). The maximum absolute atomic E-state index is 14.4. The lowest BCUT2D eigenvalue weighted by Gasteiger charge is -2.34. The molecule has 4 aromatic carbocycles. The Labute approximate surface area is 263 Å². The minimum absolute atomic E-state index is 0.00410. The summed E-state index contributed by atoms with van der Waals surface area (Å²) in [5.74, 6) is -0.917. The van der Waals surface area contributed by atoms with E-state index in [-0.39, 0.29) is 23.8 Å². The zero-order valence-corrected chi connectivity index (χ0v) is 26.2. The summed E-state index contributed by atoms with van der Waals surface area (Å²) < 4.78 is 29.1. The van der Waals surface area contributed by atoms with Gasteiger partial charge in [-0.3, -0.25) is 13.9 Å². The summed E-state index contributed by atoms with van der Waals surface area (Å²) in [5.41, 5.74) is 2.71. The third-order valence-electron chi connectivity index (χ3n) is 6.92. The average molecular weight is 639 g/mol. The topological polar surface area (TPSA) is 86.8 Å². The van der Waals surface area contributed by atoms with Crippen LogP contribution in [0.3, 0.4) is 0 Å². The number of aryl methyl sites for hydroxylation is 1. The number of hydrogen-bond acceptors (Lipinski definition) is 4. The number of rotatable bonds is 12. The summed E-state index contributed by atoms with van der Waals surface area (Å²) >= 11 is 12.5. The lowest BCUT2D eigenvalue weighted by atomic mass is 10.0. The molecule has 0 radical (unpaired) electrons. The van der Waals surface area contributed by atoms with E-state index in [1.807, 2.05) is 37.3 Å². The van der Waals surface area contributed by atoms with Gasteiger partial charge in [0, 0.05) is 29.6 Å². The second-order valence-electron chi connectivity index (χ2n) is 10.0. The first-order valence-electron chi connectivity index (χ1n) is 13.8. The summed E-state index contributed by atoms with van der Waals surface area (Å²) in [6.07, 6.45) is 0.220. The van der Waals surface area contributed by atoms with E-state index in [0.717, 1.165) is 15.4 Å². The zero-order valence-electron chi connectivity index (χ0n) is 23.9. The zero-order chi connectivity index (χ0) is 31.0. The van der Waals surface area contributed by atoms with Crippen LogP contribution in [0.4, 0.5) is 5.69 Å². The van der Waals surface area contributed by atoms with E-state index in [9.17, 15) is 18.0 Å². The number of carbonyl (C=O) groups excluding carboxylic acids is 2. The van der Waals surface area contributed by atoms with Crippen molar-refractivity contribution in [3.05, 3.63) is 130 Å². The van der Waals surface area contributed by atoms with Crippen molar-refractivity contribution in [2.45, 2.75) is 37.8 Å². The Morgan fingerprint density at radius 1 is 0.837 bits per heavy atom. The molecule has 1 atom stereocenters. The van der Waals surface area contributed by atoms with Gasteiger partial charge in [-0.05, 0) is 67.4 Å². The Morgan fingerprint density at radius 3 is 2.09 bits per heavy atom. The second-order valence-corrected chi connectivity index (χ2v) is 12.7. The van der Waals surface area contributed by atoms with Gasteiger partial charge in [0.25, 0.3) is 10.0 Å². The number of halogens is 2. The van der Waals surface area contributed by atoms with Crippen LogP contribution in [0.2, 0.25) is 10.0 Å². The Morgan fingerprint density at radius 2 is 1.47 bits per heavy atom. The molecule has 43 heavy (non-hydrogen) atoms. The molecule has 0 aliphatic rings. The Hall–Kier alpha value is -3.85. The summed E-state index contributed by atoms with van der Waals surface area (Å²) in [6.45, 7) is 3.49. The molecule has 0 heterocycles. The van der Waals surface area contributed by atoms with E-state index in [0.29, 0.717) is 27.8 Å². The summed E-state index contributed by atoms with van der Waals surface area (Å²) in [7, 11) is -4.21. The second kappa shape index (κ2) is 14.6. The van der Waals surface area contributed by atoms with Gasteiger partial charge in [0.1, 0.15) is 12.6 Å². The van der Waals surface area contributed by atoms with E-state index in [1.165, 1.54) is 29.2 Å².